The average Bonchev–Trinajstić information content (AvgIpc) is 2.23. The Morgan fingerprint density at radius 1 is 1.53 bits per heavy atom. The maximum Gasteiger partial charge on any atom is 0.234 e. The van der Waals surface area contributed by atoms with Crippen LogP contribution in [-0.4, -0.2) is 36.1 Å². The average molecular weight is 240 g/mol. The predicted octanol–water partition coefficient (Wildman–Crippen LogP) is 1.10. The van der Waals surface area contributed by atoms with E-state index in [4.69, 9.17) is 0 Å². The van der Waals surface area contributed by atoms with E-state index in [9.17, 15) is 14.3 Å². The number of aromatic hydroxyl groups is 1. The molecule has 0 bridgehead atoms. The van der Waals surface area contributed by atoms with Gasteiger partial charge in [0.2, 0.25) is 5.91 Å². The van der Waals surface area contributed by atoms with E-state index in [1.807, 2.05) is 6.92 Å². The normalized spacial score (nSPS) is 10.6. The van der Waals surface area contributed by atoms with Gasteiger partial charge in [0.25, 0.3) is 0 Å². The first-order valence-electron chi connectivity index (χ1n) is 5.45. The zero-order valence-corrected chi connectivity index (χ0v) is 10.0. The van der Waals surface area contributed by atoms with Crippen molar-refractivity contribution < 1.29 is 14.3 Å². The molecule has 1 amide bonds. The van der Waals surface area contributed by atoms with Gasteiger partial charge in [0.1, 0.15) is 11.6 Å². The lowest BCUT2D eigenvalue weighted by atomic mass is 10.2. The molecule has 0 fully saturated rings. The van der Waals surface area contributed by atoms with Gasteiger partial charge in [0.05, 0.1) is 6.54 Å². The molecular formula is C12H17FN2O2. The number of nitrogens with zero attached hydrogens (tertiary/aromatic N) is 1. The second-order valence-electron chi connectivity index (χ2n) is 3.90. The molecule has 0 atom stereocenters. The fourth-order valence-corrected chi connectivity index (χ4v) is 1.53. The molecule has 2 N–H and O–H groups in total. The molecule has 1 aromatic rings. The van der Waals surface area contributed by atoms with E-state index in [1.54, 1.807) is 11.9 Å². The number of hydrogen-bond donors (Lipinski definition) is 2. The van der Waals surface area contributed by atoms with Gasteiger partial charge in [-0.3, -0.25) is 9.69 Å². The number of benzene rings is 1. The molecule has 0 saturated heterocycles. The zero-order valence-electron chi connectivity index (χ0n) is 10.0. The van der Waals surface area contributed by atoms with Gasteiger partial charge >= 0.3 is 0 Å². The maximum atomic E-state index is 13.0. The van der Waals surface area contributed by atoms with E-state index >= 15 is 0 Å². The summed E-state index contributed by atoms with van der Waals surface area (Å²) in [5.41, 5.74) is 0.469. The quantitative estimate of drug-likeness (QED) is 0.810. The van der Waals surface area contributed by atoms with E-state index in [0.717, 1.165) is 0 Å². The van der Waals surface area contributed by atoms with Crippen molar-refractivity contribution in [2.24, 2.45) is 0 Å². The van der Waals surface area contributed by atoms with Crippen LogP contribution >= 0.6 is 0 Å². The van der Waals surface area contributed by atoms with Crippen molar-refractivity contribution in [3.63, 3.8) is 0 Å². The summed E-state index contributed by atoms with van der Waals surface area (Å²) < 4.78 is 13.0. The fraction of sp³-hybridized carbons (Fsp3) is 0.417. The largest absolute Gasteiger partial charge is 0.508 e. The second kappa shape index (κ2) is 6.20. The van der Waals surface area contributed by atoms with Crippen LogP contribution in [0.1, 0.15) is 12.5 Å². The van der Waals surface area contributed by atoms with Crippen LogP contribution in [0, 0.1) is 5.82 Å². The van der Waals surface area contributed by atoms with E-state index < -0.39 is 5.82 Å². The maximum absolute atomic E-state index is 13.0. The number of amides is 1. The third kappa shape index (κ3) is 4.40. The number of carbonyl (C=O) groups is 1. The highest BCUT2D eigenvalue weighted by molar-refractivity contribution is 5.77. The van der Waals surface area contributed by atoms with Gasteiger partial charge in [0, 0.05) is 18.7 Å². The first-order chi connectivity index (χ1) is 8.02. The molecule has 0 heterocycles. The van der Waals surface area contributed by atoms with Gasteiger partial charge < -0.3 is 10.4 Å². The Hall–Kier alpha value is -1.62. The Bertz CT molecular complexity index is 396. The lowest BCUT2D eigenvalue weighted by molar-refractivity contribution is -0.121. The summed E-state index contributed by atoms with van der Waals surface area (Å²) in [5.74, 6) is -0.454. The van der Waals surface area contributed by atoms with Crippen molar-refractivity contribution in [3.05, 3.63) is 29.6 Å². The molecular weight excluding hydrogens is 223 g/mol. The van der Waals surface area contributed by atoms with Crippen LogP contribution in [0.5, 0.6) is 5.75 Å². The standard InChI is InChI=1S/C12H17FN2O2/c1-3-14-12(17)8-15(2)7-9-6-10(13)4-5-11(9)16/h4-6,16H,3,7-8H2,1-2H3,(H,14,17). The number of carbonyl (C=O) groups excluding carboxylic acids is 1. The van der Waals surface area contributed by atoms with E-state index in [0.29, 0.717) is 18.7 Å². The summed E-state index contributed by atoms with van der Waals surface area (Å²) in [5, 5.41) is 12.2. The van der Waals surface area contributed by atoms with Crippen molar-refractivity contribution >= 4 is 5.91 Å². The molecule has 0 aliphatic rings. The SMILES string of the molecule is CCNC(=O)CN(C)Cc1cc(F)ccc1O. The molecule has 17 heavy (non-hydrogen) atoms. The van der Waals surface area contributed by atoms with Crippen molar-refractivity contribution in [3.8, 4) is 5.75 Å². The summed E-state index contributed by atoms with van der Waals surface area (Å²) >= 11 is 0. The molecule has 0 aromatic heterocycles. The highest BCUT2D eigenvalue weighted by Crippen LogP contribution is 2.18. The van der Waals surface area contributed by atoms with Gasteiger partial charge in [-0.15, -0.1) is 0 Å². The minimum atomic E-state index is -0.399. The van der Waals surface area contributed by atoms with E-state index in [1.165, 1.54) is 18.2 Å². The zero-order chi connectivity index (χ0) is 12.8. The lowest BCUT2D eigenvalue weighted by Gasteiger charge is -2.16. The van der Waals surface area contributed by atoms with Crippen LogP contribution < -0.4 is 5.32 Å². The Morgan fingerprint density at radius 2 is 2.24 bits per heavy atom. The first kappa shape index (κ1) is 13.4. The highest BCUT2D eigenvalue weighted by atomic mass is 19.1. The monoisotopic (exact) mass is 240 g/mol. The molecule has 0 saturated carbocycles. The molecule has 0 spiro atoms. The molecule has 0 aliphatic carbocycles. The Morgan fingerprint density at radius 3 is 2.88 bits per heavy atom. The summed E-state index contributed by atoms with van der Waals surface area (Å²) in [7, 11) is 1.74. The number of hydrogen-bond acceptors (Lipinski definition) is 3. The van der Waals surface area contributed by atoms with Gasteiger partial charge in [-0.05, 0) is 32.2 Å². The molecule has 0 aliphatic heterocycles. The highest BCUT2D eigenvalue weighted by Gasteiger charge is 2.09. The minimum absolute atomic E-state index is 0.0362. The minimum Gasteiger partial charge on any atom is -0.508 e. The van der Waals surface area contributed by atoms with Gasteiger partial charge in [0.15, 0.2) is 0 Å². The Balaban J connectivity index is 2.58. The smallest absolute Gasteiger partial charge is 0.234 e. The lowest BCUT2D eigenvalue weighted by Crippen LogP contribution is -2.34. The third-order valence-electron chi connectivity index (χ3n) is 2.27. The van der Waals surface area contributed by atoms with Crippen LogP contribution in [0.15, 0.2) is 18.2 Å². The predicted molar refractivity (Wildman–Crippen MR) is 63.1 cm³/mol. The van der Waals surface area contributed by atoms with Gasteiger partial charge in [-0.25, -0.2) is 4.39 Å². The van der Waals surface area contributed by atoms with Crippen molar-refractivity contribution in [1.82, 2.24) is 10.2 Å². The molecule has 4 nitrogen and oxygen atoms in total. The van der Waals surface area contributed by atoms with Crippen LogP contribution in [-0.2, 0) is 11.3 Å². The number of rotatable bonds is 5. The fourth-order valence-electron chi connectivity index (χ4n) is 1.53. The number of phenolic OH excluding ortho intramolecular Hbond substituents is 1. The van der Waals surface area contributed by atoms with Gasteiger partial charge in [-0.1, -0.05) is 0 Å². The van der Waals surface area contributed by atoms with Crippen molar-refractivity contribution in [1.29, 1.82) is 0 Å². The number of phenols is 1. The van der Waals surface area contributed by atoms with Crippen LogP contribution in [0.4, 0.5) is 4.39 Å². The van der Waals surface area contributed by atoms with E-state index in [2.05, 4.69) is 5.32 Å². The summed E-state index contributed by atoms with van der Waals surface area (Å²) in [6.07, 6.45) is 0. The summed E-state index contributed by atoms with van der Waals surface area (Å²) in [6.45, 7) is 2.96. The summed E-state index contributed by atoms with van der Waals surface area (Å²) in [4.78, 5) is 13.0. The molecule has 5 heteroatoms. The Labute approximate surface area is 100 Å². The second-order valence-corrected chi connectivity index (χ2v) is 3.90. The Kier molecular flexibility index (Phi) is 4.90. The van der Waals surface area contributed by atoms with Crippen LogP contribution in [0.25, 0.3) is 0 Å². The van der Waals surface area contributed by atoms with Crippen LogP contribution in [0.2, 0.25) is 0 Å². The van der Waals surface area contributed by atoms with Crippen molar-refractivity contribution in [2.75, 3.05) is 20.1 Å². The van der Waals surface area contributed by atoms with Gasteiger partial charge in [-0.2, -0.15) is 0 Å². The first-order valence-corrected chi connectivity index (χ1v) is 5.45. The van der Waals surface area contributed by atoms with E-state index in [-0.39, 0.29) is 18.2 Å². The van der Waals surface area contributed by atoms with Crippen LogP contribution in [0.3, 0.4) is 0 Å². The molecule has 1 rings (SSSR count). The number of nitrogens with one attached hydrogen (secondary N) is 1. The molecule has 0 radical (unpaired) electrons. The molecule has 94 valence electrons. The number of halogens is 1. The molecule has 0 unspecified atom stereocenters. The number of likely N-dealkylation sites (N-methyl/N-ethyl adjacent to an activating group) is 2. The van der Waals surface area contributed by atoms with Crippen molar-refractivity contribution in [2.45, 2.75) is 13.5 Å². The molecule has 1 aromatic carbocycles. The topological polar surface area (TPSA) is 52.6 Å². The third-order valence-corrected chi connectivity index (χ3v) is 2.27. The summed E-state index contributed by atoms with van der Waals surface area (Å²) in [6, 6.07) is 3.77.